The molecule has 0 spiro atoms. The van der Waals surface area contributed by atoms with Crippen molar-refractivity contribution in [3.05, 3.63) is 160 Å². The first kappa shape index (κ1) is 31.9. The van der Waals surface area contributed by atoms with E-state index < -0.39 is 0 Å². The molecule has 0 aliphatic heterocycles. The van der Waals surface area contributed by atoms with Crippen molar-refractivity contribution in [3.8, 4) is 33.6 Å². The molecule has 0 unspecified atom stereocenters. The fraction of sp³-hybridized carbons (Fsp3) is 0.0870. The van der Waals surface area contributed by atoms with Gasteiger partial charge in [0.1, 0.15) is 0 Å². The Kier molecular flexibility index (Phi) is 7.50. The van der Waals surface area contributed by atoms with Crippen molar-refractivity contribution in [1.82, 2.24) is 9.13 Å². The quantitative estimate of drug-likeness (QED) is 0.177. The van der Waals surface area contributed by atoms with Crippen molar-refractivity contribution in [2.24, 2.45) is 0 Å². The van der Waals surface area contributed by atoms with Crippen LogP contribution in [0, 0.1) is 0 Å². The summed E-state index contributed by atoms with van der Waals surface area (Å²) in [5.74, 6) is 0. The van der Waals surface area contributed by atoms with E-state index in [1.807, 2.05) is 0 Å². The summed E-state index contributed by atoms with van der Waals surface area (Å²) in [6.07, 6.45) is 0. The summed E-state index contributed by atoms with van der Waals surface area (Å²) in [5.41, 5.74) is 20.3. The van der Waals surface area contributed by atoms with Crippen LogP contribution in [0.1, 0.15) is 26.3 Å². The second kappa shape index (κ2) is 12.0. The van der Waals surface area contributed by atoms with Crippen LogP contribution in [0.15, 0.2) is 155 Å². The van der Waals surface area contributed by atoms with Crippen LogP contribution in [-0.2, 0) is 5.41 Å². The van der Waals surface area contributed by atoms with Gasteiger partial charge in [0.2, 0.25) is 0 Å². The van der Waals surface area contributed by atoms with Crippen LogP contribution in [0.25, 0.3) is 77.2 Å². The molecule has 2 N–H and O–H groups in total. The molecule has 0 aliphatic rings. The molecule has 3 nitrogen and oxygen atoms in total. The maximum atomic E-state index is 7.35. The third-order valence-corrected chi connectivity index (χ3v) is 11.5. The molecule has 2 heterocycles. The average Bonchev–Trinajstić information content (AvgIpc) is 3.63. The van der Waals surface area contributed by atoms with E-state index in [0.717, 1.165) is 59.3 Å². The molecule has 0 aliphatic carbocycles. The summed E-state index contributed by atoms with van der Waals surface area (Å²) in [4.78, 5) is 0. The number of nitrogens with two attached hydrogens (primary N) is 1. The van der Waals surface area contributed by atoms with Gasteiger partial charge in [-0.2, -0.15) is 0 Å². The standard InChI is InChI=1S/C46H35Br2N3/c1-46(2,3)28-22-37(33-24-35-31-18-10-12-20-41(31)50(43(35)26-39(33)47)29-14-6-4-7-15-29)45(49)38(23-28)34-25-36-32-19-11-13-21-42(32)51(44(36)27-40(34)48)30-16-8-5-9-17-30/h4-27H,49H2,1-3H3. The molecule has 0 bridgehead atoms. The minimum atomic E-state index is -0.114. The van der Waals surface area contributed by atoms with Crippen molar-refractivity contribution in [2.75, 3.05) is 5.73 Å². The van der Waals surface area contributed by atoms with Crippen LogP contribution in [0.2, 0.25) is 0 Å². The molecule has 0 amide bonds. The van der Waals surface area contributed by atoms with Crippen molar-refractivity contribution in [3.63, 3.8) is 0 Å². The Balaban J connectivity index is 1.31. The predicted octanol–water partition coefficient (Wildman–Crippen LogP) is 13.6. The first-order valence-corrected chi connectivity index (χ1v) is 18.8. The highest BCUT2D eigenvalue weighted by Gasteiger charge is 2.24. The number of fused-ring (bicyclic) bond motifs is 6. The first-order chi connectivity index (χ1) is 24.7. The van der Waals surface area contributed by atoms with E-state index >= 15 is 0 Å². The second-order valence-corrected chi connectivity index (χ2v) is 16.0. The lowest BCUT2D eigenvalue weighted by Crippen LogP contribution is -2.12. The Labute approximate surface area is 314 Å². The van der Waals surface area contributed by atoms with Crippen LogP contribution >= 0.6 is 31.9 Å². The maximum absolute atomic E-state index is 7.35. The van der Waals surface area contributed by atoms with Crippen molar-refractivity contribution in [1.29, 1.82) is 0 Å². The molecule has 0 radical (unpaired) electrons. The Morgan fingerprint density at radius 3 is 1.24 bits per heavy atom. The molecule has 51 heavy (non-hydrogen) atoms. The lowest BCUT2D eigenvalue weighted by Gasteiger charge is -2.24. The molecule has 0 atom stereocenters. The van der Waals surface area contributed by atoms with Gasteiger partial charge in [0.15, 0.2) is 0 Å². The van der Waals surface area contributed by atoms with Gasteiger partial charge in [-0.1, -0.05) is 125 Å². The van der Waals surface area contributed by atoms with Crippen LogP contribution in [0.4, 0.5) is 5.69 Å². The minimum absolute atomic E-state index is 0.114. The molecule has 9 aromatic rings. The third-order valence-electron chi connectivity index (χ3n) is 10.2. The van der Waals surface area contributed by atoms with Gasteiger partial charge < -0.3 is 14.9 Å². The van der Waals surface area contributed by atoms with Crippen LogP contribution in [-0.4, -0.2) is 9.13 Å². The summed E-state index contributed by atoms with van der Waals surface area (Å²) in [6, 6.07) is 52.1. The van der Waals surface area contributed by atoms with Crippen LogP contribution in [0.3, 0.4) is 0 Å². The number of nitrogens with zero attached hydrogens (tertiary/aromatic N) is 2. The van der Waals surface area contributed by atoms with Crippen molar-refractivity contribution in [2.45, 2.75) is 26.2 Å². The van der Waals surface area contributed by atoms with E-state index in [1.165, 1.54) is 38.1 Å². The fourth-order valence-electron chi connectivity index (χ4n) is 7.63. The number of hydrogen-bond donors (Lipinski definition) is 1. The molecule has 5 heteroatoms. The molecule has 2 aromatic heterocycles. The molecule has 9 rings (SSSR count). The summed E-state index contributed by atoms with van der Waals surface area (Å²) >= 11 is 8.05. The van der Waals surface area contributed by atoms with E-state index in [-0.39, 0.29) is 5.41 Å². The Bertz CT molecular complexity index is 2620. The third kappa shape index (κ3) is 5.13. The van der Waals surface area contributed by atoms with E-state index in [0.29, 0.717) is 0 Å². The number of anilines is 1. The van der Waals surface area contributed by atoms with Crippen molar-refractivity contribution < 1.29 is 0 Å². The lowest BCUT2D eigenvalue weighted by molar-refractivity contribution is 0.591. The van der Waals surface area contributed by atoms with Gasteiger partial charge >= 0.3 is 0 Å². The highest BCUT2D eigenvalue weighted by atomic mass is 79.9. The SMILES string of the molecule is CC(C)(C)c1cc(-c2cc3c4ccccc4n(-c4ccccc4)c3cc2Br)c(N)c(-c2cc3c4ccccc4n(-c4ccccc4)c3cc2Br)c1. The highest BCUT2D eigenvalue weighted by Crippen LogP contribution is 2.47. The number of para-hydroxylation sites is 4. The van der Waals surface area contributed by atoms with Gasteiger partial charge in [-0.05, 0) is 94.9 Å². The molecule has 0 saturated carbocycles. The number of aromatic nitrogens is 2. The van der Waals surface area contributed by atoms with E-state index in [4.69, 9.17) is 5.73 Å². The number of hydrogen-bond acceptors (Lipinski definition) is 1. The van der Waals surface area contributed by atoms with Gasteiger partial charge in [-0.25, -0.2) is 0 Å². The molecule has 7 aromatic carbocycles. The highest BCUT2D eigenvalue weighted by molar-refractivity contribution is 9.11. The summed E-state index contributed by atoms with van der Waals surface area (Å²) in [7, 11) is 0. The van der Waals surface area contributed by atoms with E-state index in [9.17, 15) is 0 Å². The fourth-order valence-corrected chi connectivity index (χ4v) is 8.72. The van der Waals surface area contributed by atoms with Gasteiger partial charge in [0.05, 0.1) is 22.1 Å². The number of nitrogen functional groups attached to an aromatic ring is 1. The molecule has 248 valence electrons. The topological polar surface area (TPSA) is 35.9 Å². The Hall–Kier alpha value is -5.10. The number of benzene rings is 7. The second-order valence-electron chi connectivity index (χ2n) is 14.3. The zero-order valence-electron chi connectivity index (χ0n) is 28.6. The van der Waals surface area contributed by atoms with E-state index in [2.05, 4.69) is 207 Å². The van der Waals surface area contributed by atoms with E-state index in [1.54, 1.807) is 0 Å². The number of halogens is 2. The van der Waals surface area contributed by atoms with Gasteiger partial charge in [-0.15, -0.1) is 0 Å². The zero-order valence-corrected chi connectivity index (χ0v) is 31.8. The Morgan fingerprint density at radius 2 is 0.824 bits per heavy atom. The van der Waals surface area contributed by atoms with Crippen LogP contribution < -0.4 is 5.73 Å². The van der Waals surface area contributed by atoms with Gasteiger partial charge in [-0.3, -0.25) is 0 Å². The normalized spacial score (nSPS) is 12.1. The number of rotatable bonds is 4. The average molecular weight is 790 g/mol. The molecular formula is C46H35Br2N3. The summed E-state index contributed by atoms with van der Waals surface area (Å²) in [6.45, 7) is 6.80. The lowest BCUT2D eigenvalue weighted by atomic mass is 9.82. The van der Waals surface area contributed by atoms with Gasteiger partial charge in [0.25, 0.3) is 0 Å². The first-order valence-electron chi connectivity index (χ1n) is 17.2. The predicted molar refractivity (Wildman–Crippen MR) is 225 cm³/mol. The monoisotopic (exact) mass is 787 g/mol. The largest absolute Gasteiger partial charge is 0.398 e. The Morgan fingerprint density at radius 1 is 0.431 bits per heavy atom. The minimum Gasteiger partial charge on any atom is -0.398 e. The summed E-state index contributed by atoms with van der Waals surface area (Å²) in [5, 5.41) is 4.79. The summed E-state index contributed by atoms with van der Waals surface area (Å²) < 4.78 is 6.69. The van der Waals surface area contributed by atoms with Crippen LogP contribution in [0.5, 0.6) is 0 Å². The maximum Gasteiger partial charge on any atom is 0.0552 e. The smallest absolute Gasteiger partial charge is 0.0552 e. The van der Waals surface area contributed by atoms with Gasteiger partial charge in [0, 0.05) is 58.7 Å². The molecule has 0 saturated heterocycles. The molecular weight excluding hydrogens is 754 g/mol. The molecule has 0 fully saturated rings. The van der Waals surface area contributed by atoms with Crippen molar-refractivity contribution >= 4 is 81.2 Å². The zero-order chi connectivity index (χ0) is 35.0.